The largest absolute Gasteiger partial charge is 0.497 e. The Morgan fingerprint density at radius 1 is 1.00 bits per heavy atom. The molecule has 0 aliphatic rings. The average Bonchev–Trinajstić information content (AvgIpc) is 2.94. The summed E-state index contributed by atoms with van der Waals surface area (Å²) < 4.78 is 51.2. The van der Waals surface area contributed by atoms with Crippen LogP contribution in [0.25, 0.3) is 6.08 Å². The molecule has 0 unspecified atom stereocenters. The summed E-state index contributed by atoms with van der Waals surface area (Å²) >= 11 is 9.57. The summed E-state index contributed by atoms with van der Waals surface area (Å²) in [4.78, 5) is 16.2. The number of ether oxygens (including phenoxy) is 4. The normalized spacial score (nSPS) is 11.3. The first-order valence-corrected chi connectivity index (χ1v) is 13.9. The molecule has 0 aliphatic carbocycles. The summed E-state index contributed by atoms with van der Waals surface area (Å²) in [6, 6.07) is 13.9. The number of hydrogen-bond acceptors (Lipinski definition) is 10. The highest BCUT2D eigenvalue weighted by Crippen LogP contribution is 2.40. The van der Waals surface area contributed by atoms with E-state index in [1.54, 1.807) is 48.8 Å². The zero-order valence-corrected chi connectivity index (χ0v) is 23.5. The highest BCUT2D eigenvalue weighted by Gasteiger charge is 2.21. The summed E-state index contributed by atoms with van der Waals surface area (Å²) in [5, 5.41) is 1.25. The maximum atomic E-state index is 12.9. The van der Waals surface area contributed by atoms with E-state index in [-0.39, 0.29) is 47.4 Å². The number of rotatable bonds is 12. The van der Waals surface area contributed by atoms with E-state index < -0.39 is 10.0 Å². The molecule has 0 aliphatic heterocycles. The number of aromatic nitrogens is 4. The first-order valence-electron chi connectivity index (χ1n) is 11.2. The molecule has 2 aromatic carbocycles. The molecule has 0 atom stereocenters. The van der Waals surface area contributed by atoms with Gasteiger partial charge in [-0.15, -0.1) is 0 Å². The molecule has 0 fully saturated rings. The molecule has 202 valence electrons. The third kappa shape index (κ3) is 8.27. The Labute approximate surface area is 238 Å². The van der Waals surface area contributed by atoms with Gasteiger partial charge in [0, 0.05) is 18.5 Å². The van der Waals surface area contributed by atoms with Gasteiger partial charge in [-0.05, 0) is 39.7 Å². The second-order valence-corrected chi connectivity index (χ2v) is 10.4. The summed E-state index contributed by atoms with van der Waals surface area (Å²) in [6.45, 7) is 0.0601. The number of benzene rings is 2. The predicted octanol–water partition coefficient (Wildman–Crippen LogP) is 5.35. The number of nitrogens with one attached hydrogen (secondary N) is 1. The molecule has 0 saturated heterocycles. The van der Waals surface area contributed by atoms with Crippen molar-refractivity contribution in [1.82, 2.24) is 19.9 Å². The van der Waals surface area contributed by atoms with Crippen molar-refractivity contribution in [3.05, 3.63) is 87.7 Å². The van der Waals surface area contributed by atoms with E-state index in [2.05, 4.69) is 40.6 Å². The van der Waals surface area contributed by atoms with Gasteiger partial charge in [0.05, 0.1) is 22.0 Å². The minimum absolute atomic E-state index is 0.00125. The van der Waals surface area contributed by atoms with Crippen molar-refractivity contribution in [3.8, 4) is 29.1 Å². The number of nitrogens with zero attached hydrogens (tertiary/aromatic N) is 4. The molecular weight excluding hydrogens is 614 g/mol. The molecule has 0 spiro atoms. The van der Waals surface area contributed by atoms with Crippen LogP contribution in [0.4, 0.5) is 5.82 Å². The molecule has 0 radical (unpaired) electrons. The maximum absolute atomic E-state index is 12.9. The SMILES string of the molecule is COc1ccc(Cl)c(Oc2c(NS(=O)(=O)C=Cc3ccccc3)ncnc2OCCOc2ncc(Br)cn2)c1. The standard InChI is InChI=1S/C25H21BrClN5O6S/c1-35-19-7-8-20(27)21(13-19)38-22-23(32-39(33,34)12-9-17-5-3-2-4-6-17)30-16-31-24(22)36-10-11-37-25-28-14-18(26)15-29-25/h2-9,12-16H,10-11H2,1H3,(H,30,31,32). The Hall–Kier alpha value is -3.94. The van der Waals surface area contributed by atoms with Gasteiger partial charge >= 0.3 is 6.01 Å². The third-order valence-corrected chi connectivity index (χ3v) is 6.44. The van der Waals surface area contributed by atoms with Crippen molar-refractivity contribution >= 4 is 49.4 Å². The van der Waals surface area contributed by atoms with Gasteiger partial charge in [-0.25, -0.2) is 23.4 Å². The van der Waals surface area contributed by atoms with E-state index in [9.17, 15) is 8.42 Å². The van der Waals surface area contributed by atoms with Crippen LogP contribution in [0, 0.1) is 0 Å². The van der Waals surface area contributed by atoms with Crippen LogP contribution < -0.4 is 23.7 Å². The Morgan fingerprint density at radius 2 is 1.74 bits per heavy atom. The molecule has 11 nitrogen and oxygen atoms in total. The number of sulfonamides is 1. The summed E-state index contributed by atoms with van der Waals surface area (Å²) in [6.07, 6.45) is 5.67. The molecule has 0 amide bonds. The third-order valence-electron chi connectivity index (χ3n) is 4.75. The van der Waals surface area contributed by atoms with E-state index in [4.69, 9.17) is 30.5 Å². The Morgan fingerprint density at radius 3 is 2.49 bits per heavy atom. The lowest BCUT2D eigenvalue weighted by Gasteiger charge is -2.16. The molecule has 0 saturated carbocycles. The Kier molecular flexibility index (Phi) is 9.52. The van der Waals surface area contributed by atoms with Crippen LogP contribution in [-0.2, 0) is 10.0 Å². The first-order chi connectivity index (χ1) is 18.8. The van der Waals surface area contributed by atoms with Crippen molar-refractivity contribution in [1.29, 1.82) is 0 Å². The Balaban J connectivity index is 1.58. The number of anilines is 1. The fourth-order valence-corrected chi connectivity index (χ4v) is 4.15. The summed E-state index contributed by atoms with van der Waals surface area (Å²) in [5.74, 6) is 0.270. The molecule has 39 heavy (non-hydrogen) atoms. The van der Waals surface area contributed by atoms with Gasteiger partial charge in [-0.1, -0.05) is 41.9 Å². The maximum Gasteiger partial charge on any atom is 0.316 e. The van der Waals surface area contributed by atoms with Crippen molar-refractivity contribution in [2.75, 3.05) is 25.0 Å². The molecule has 14 heteroatoms. The monoisotopic (exact) mass is 633 g/mol. The fraction of sp³-hybridized carbons (Fsp3) is 0.120. The van der Waals surface area contributed by atoms with E-state index in [0.29, 0.717) is 15.8 Å². The van der Waals surface area contributed by atoms with Crippen molar-refractivity contribution in [2.24, 2.45) is 0 Å². The minimum atomic E-state index is -4.01. The van der Waals surface area contributed by atoms with Crippen LogP contribution >= 0.6 is 27.5 Å². The van der Waals surface area contributed by atoms with Crippen molar-refractivity contribution < 1.29 is 27.4 Å². The zero-order chi connectivity index (χ0) is 27.7. The predicted molar refractivity (Wildman–Crippen MR) is 149 cm³/mol. The van der Waals surface area contributed by atoms with Crippen LogP contribution in [0.1, 0.15) is 5.56 Å². The van der Waals surface area contributed by atoms with Crippen LogP contribution in [-0.4, -0.2) is 48.7 Å². The second kappa shape index (κ2) is 13.2. The van der Waals surface area contributed by atoms with Crippen LogP contribution in [0.15, 0.2) is 77.1 Å². The van der Waals surface area contributed by atoms with Gasteiger partial charge < -0.3 is 18.9 Å². The minimum Gasteiger partial charge on any atom is -0.497 e. The Bertz CT molecular complexity index is 1540. The van der Waals surface area contributed by atoms with Gasteiger partial charge in [-0.2, -0.15) is 4.98 Å². The van der Waals surface area contributed by atoms with Gasteiger partial charge in [-0.3, -0.25) is 4.72 Å². The molecule has 4 aromatic rings. The van der Waals surface area contributed by atoms with Crippen molar-refractivity contribution in [2.45, 2.75) is 0 Å². The van der Waals surface area contributed by atoms with Gasteiger partial charge in [0.2, 0.25) is 5.75 Å². The van der Waals surface area contributed by atoms with Crippen LogP contribution in [0.3, 0.4) is 0 Å². The number of halogens is 2. The summed E-state index contributed by atoms with van der Waals surface area (Å²) in [5.41, 5.74) is 0.698. The van der Waals surface area contributed by atoms with Crippen LogP contribution in [0.5, 0.6) is 29.1 Å². The average molecular weight is 635 g/mol. The smallest absolute Gasteiger partial charge is 0.316 e. The zero-order valence-electron chi connectivity index (χ0n) is 20.3. The highest BCUT2D eigenvalue weighted by molar-refractivity contribution is 9.10. The molecule has 2 heterocycles. The topological polar surface area (TPSA) is 135 Å². The van der Waals surface area contributed by atoms with E-state index in [0.717, 1.165) is 11.7 Å². The molecular formula is C25H21BrClN5O6S. The fourth-order valence-electron chi connectivity index (χ4n) is 2.97. The quantitative estimate of drug-likeness (QED) is 0.203. The lowest BCUT2D eigenvalue weighted by Crippen LogP contribution is -2.14. The second-order valence-electron chi connectivity index (χ2n) is 7.50. The van der Waals surface area contributed by atoms with Gasteiger partial charge in [0.15, 0.2) is 5.82 Å². The van der Waals surface area contributed by atoms with Gasteiger partial charge in [0.1, 0.15) is 31.0 Å². The van der Waals surface area contributed by atoms with E-state index >= 15 is 0 Å². The molecule has 4 rings (SSSR count). The number of hydrogen-bond donors (Lipinski definition) is 1. The molecule has 0 bridgehead atoms. The molecule has 2 aromatic heterocycles. The summed E-state index contributed by atoms with van der Waals surface area (Å²) in [7, 11) is -2.52. The first kappa shape index (κ1) is 28.1. The number of methoxy groups -OCH3 is 1. The lowest BCUT2D eigenvalue weighted by molar-refractivity contribution is 0.197. The van der Waals surface area contributed by atoms with Gasteiger partial charge in [0.25, 0.3) is 15.9 Å². The van der Waals surface area contributed by atoms with E-state index in [1.807, 2.05) is 6.07 Å². The van der Waals surface area contributed by atoms with E-state index in [1.165, 1.54) is 19.3 Å². The lowest BCUT2D eigenvalue weighted by atomic mass is 10.2. The molecule has 1 N–H and O–H groups in total. The van der Waals surface area contributed by atoms with Crippen molar-refractivity contribution in [3.63, 3.8) is 0 Å². The highest BCUT2D eigenvalue weighted by atomic mass is 79.9. The van der Waals surface area contributed by atoms with Crippen LogP contribution in [0.2, 0.25) is 5.02 Å².